The number of carbonyl (C=O) groups excluding carboxylic acids is 1. The summed E-state index contributed by atoms with van der Waals surface area (Å²) in [5.41, 5.74) is 0.195. The van der Waals surface area contributed by atoms with Gasteiger partial charge in [0.05, 0.1) is 0 Å². The molecule has 0 aromatic heterocycles. The fourth-order valence-corrected chi connectivity index (χ4v) is 12.2. The second-order valence-electron chi connectivity index (χ2n) is 8.27. The number of phenols is 1. The predicted molar refractivity (Wildman–Crippen MR) is 147 cm³/mol. The minimum absolute atomic E-state index is 0.0601. The summed E-state index contributed by atoms with van der Waals surface area (Å²) < 4.78 is 5.47. The first-order valence-corrected chi connectivity index (χ1v) is 15.8. The number of unbranched alkanes of at least 4 members (excludes halogenated alkanes) is 1. The number of ether oxygens (including phenoxy) is 1. The monoisotopic (exact) mass is 534 g/mol. The van der Waals surface area contributed by atoms with Crippen molar-refractivity contribution in [1.29, 1.82) is 0 Å². The van der Waals surface area contributed by atoms with Crippen molar-refractivity contribution in [1.82, 2.24) is 0 Å². The molecule has 34 heavy (non-hydrogen) atoms. The zero-order valence-corrected chi connectivity index (χ0v) is 21.4. The van der Waals surface area contributed by atoms with Crippen LogP contribution in [0.1, 0.15) is 23.2 Å². The van der Waals surface area contributed by atoms with Crippen molar-refractivity contribution >= 4 is 42.7 Å². The number of phenolic OH excluding ortho intramolecular Hbond substituents is 1. The zero-order chi connectivity index (χ0) is 23.9. The van der Waals surface area contributed by atoms with Crippen molar-refractivity contribution in [2.75, 3.05) is 12.8 Å². The molecule has 0 aliphatic carbocycles. The molecule has 4 aromatic rings. The molecule has 174 valence electrons. The number of carbonyl (C=O) groups is 1. The van der Waals surface area contributed by atoms with Gasteiger partial charge >= 0.3 is 210 Å². The zero-order valence-electron chi connectivity index (χ0n) is 18.9. The van der Waals surface area contributed by atoms with Crippen molar-refractivity contribution in [3.63, 3.8) is 0 Å². The van der Waals surface area contributed by atoms with E-state index in [9.17, 15) is 9.90 Å². The Morgan fingerprint density at radius 2 is 1.12 bits per heavy atom. The Bertz CT molecular complexity index is 1130. The van der Waals surface area contributed by atoms with E-state index >= 15 is 0 Å². The van der Waals surface area contributed by atoms with Crippen LogP contribution in [0.4, 0.5) is 0 Å². The van der Waals surface area contributed by atoms with E-state index in [1.165, 1.54) is 22.0 Å². The summed E-state index contributed by atoms with van der Waals surface area (Å²) in [6.45, 7) is 0.297. The van der Waals surface area contributed by atoms with Gasteiger partial charge in [-0.3, -0.25) is 0 Å². The second kappa shape index (κ2) is 10.5. The number of hydrogen-bond donors (Lipinski definition) is 1. The molecule has 0 saturated heterocycles. The summed E-state index contributed by atoms with van der Waals surface area (Å²) in [5.74, 6) is -0.557. The molecule has 0 amide bonds. The van der Waals surface area contributed by atoms with Crippen LogP contribution in [-0.2, 0) is 4.74 Å². The first-order valence-electron chi connectivity index (χ1n) is 11.4. The average molecular weight is 535 g/mol. The van der Waals surface area contributed by atoms with E-state index in [1.807, 2.05) is 18.2 Å². The van der Waals surface area contributed by atoms with Crippen molar-refractivity contribution in [2.45, 2.75) is 12.8 Å². The van der Waals surface area contributed by atoms with Crippen LogP contribution in [0, 0.1) is 0 Å². The molecular formula is C29H28BrO3P. The molecule has 0 bridgehead atoms. The van der Waals surface area contributed by atoms with E-state index in [0.29, 0.717) is 6.61 Å². The fraction of sp³-hybridized carbons (Fsp3) is 0.138. The van der Waals surface area contributed by atoms with Crippen molar-refractivity contribution < 1.29 is 14.6 Å². The van der Waals surface area contributed by atoms with Gasteiger partial charge in [-0.05, 0) is 0 Å². The number of halogens is 1. The maximum absolute atomic E-state index is 12.4. The Hall–Kier alpha value is -2.94. The Labute approximate surface area is 209 Å². The summed E-state index contributed by atoms with van der Waals surface area (Å²) in [4.78, 5) is 12.4. The molecule has 0 atom stereocenters. The predicted octanol–water partition coefficient (Wildman–Crippen LogP) is 6.17. The summed E-state index contributed by atoms with van der Waals surface area (Å²) in [6, 6.07) is 38.5. The number of hydrogen-bond acceptors (Lipinski definition) is 3. The van der Waals surface area contributed by atoms with Crippen LogP contribution in [0.15, 0.2) is 115 Å². The second-order valence-corrected chi connectivity index (χ2v) is 17.3. The Morgan fingerprint density at radius 1 is 0.676 bits per heavy atom. The van der Waals surface area contributed by atoms with Gasteiger partial charge in [0, 0.05) is 0 Å². The molecule has 0 saturated carbocycles. The van der Waals surface area contributed by atoms with Crippen molar-refractivity contribution in [3.8, 4) is 5.75 Å². The van der Waals surface area contributed by atoms with Gasteiger partial charge in [-0.1, -0.05) is 0 Å². The summed E-state index contributed by atoms with van der Waals surface area (Å²) in [7, 11) is 0. The van der Waals surface area contributed by atoms with E-state index in [4.69, 9.17) is 4.74 Å². The quantitative estimate of drug-likeness (QED) is 0.159. The normalized spacial score (nSPS) is 12.4. The third-order valence-electron chi connectivity index (χ3n) is 6.21. The third-order valence-corrected chi connectivity index (χ3v) is 16.2. The van der Waals surface area contributed by atoms with Gasteiger partial charge in [-0.25, -0.2) is 0 Å². The van der Waals surface area contributed by atoms with Gasteiger partial charge in [0.2, 0.25) is 0 Å². The number of esters is 1. The Balaban J connectivity index is 1.61. The topological polar surface area (TPSA) is 46.5 Å². The third kappa shape index (κ3) is 4.66. The summed E-state index contributed by atoms with van der Waals surface area (Å²) in [5, 5.41) is 10.8. The summed E-state index contributed by atoms with van der Waals surface area (Å²) >= 11 is 4.43. The Kier molecular flexibility index (Phi) is 7.50. The molecule has 4 aromatic carbocycles. The molecule has 0 spiro atoms. The van der Waals surface area contributed by atoms with E-state index in [0.717, 1.165) is 19.0 Å². The standard InChI is InChI=1S/C29H28BrO3P/c30-34(24-14-4-1-5-15-24,25-16-6-2-7-17-25,26-18-8-3-9-19-26)23-13-12-22-33-29(32)27-20-10-11-21-28(27)31/h1-11,14-21,31H,12-13,22-23H2. The number of para-hydroxylation sites is 1. The van der Waals surface area contributed by atoms with E-state index in [1.54, 1.807) is 18.2 Å². The fourth-order valence-electron chi connectivity index (χ4n) is 4.45. The molecule has 1 N–H and O–H groups in total. The van der Waals surface area contributed by atoms with Crippen molar-refractivity contribution in [2.24, 2.45) is 0 Å². The van der Waals surface area contributed by atoms with Crippen molar-refractivity contribution in [3.05, 3.63) is 121 Å². The molecular weight excluding hydrogens is 507 g/mol. The van der Waals surface area contributed by atoms with Gasteiger partial charge < -0.3 is 0 Å². The number of benzene rings is 4. The van der Waals surface area contributed by atoms with Gasteiger partial charge in [0.25, 0.3) is 0 Å². The molecule has 0 fully saturated rings. The molecule has 0 aliphatic heterocycles. The maximum atomic E-state index is 12.4. The molecule has 0 aliphatic rings. The minimum atomic E-state index is -2.96. The molecule has 0 heterocycles. The SMILES string of the molecule is O=C(OCCCCP(Br)(c1ccccc1)(c1ccccc1)c1ccccc1)c1ccccc1O. The van der Waals surface area contributed by atoms with Gasteiger partial charge in [-0.2, -0.15) is 0 Å². The van der Waals surface area contributed by atoms with Crippen LogP contribution < -0.4 is 15.9 Å². The van der Waals surface area contributed by atoms with Crippen LogP contribution >= 0.6 is 20.8 Å². The van der Waals surface area contributed by atoms with Crippen LogP contribution in [0.25, 0.3) is 0 Å². The summed E-state index contributed by atoms with van der Waals surface area (Å²) in [6.07, 6.45) is 2.46. The van der Waals surface area contributed by atoms with Gasteiger partial charge in [0.15, 0.2) is 0 Å². The number of aromatic hydroxyl groups is 1. The Morgan fingerprint density at radius 3 is 1.59 bits per heavy atom. The van der Waals surface area contributed by atoms with E-state index in [-0.39, 0.29) is 11.3 Å². The first kappa shape index (κ1) is 24.2. The first-order chi connectivity index (χ1) is 16.5. The molecule has 3 nitrogen and oxygen atoms in total. The average Bonchev–Trinajstić information content (AvgIpc) is 2.90. The molecule has 0 unspecified atom stereocenters. The van der Waals surface area contributed by atoms with Crippen LogP contribution in [0.2, 0.25) is 0 Å². The number of rotatable bonds is 9. The van der Waals surface area contributed by atoms with Crippen LogP contribution in [0.3, 0.4) is 0 Å². The molecule has 0 radical (unpaired) electrons. The van der Waals surface area contributed by atoms with E-state index in [2.05, 4.69) is 88.3 Å². The molecule has 5 heteroatoms. The molecule has 4 rings (SSSR count). The van der Waals surface area contributed by atoms with E-state index < -0.39 is 11.3 Å². The van der Waals surface area contributed by atoms with Gasteiger partial charge in [0.1, 0.15) is 0 Å². The van der Waals surface area contributed by atoms with Crippen LogP contribution in [0.5, 0.6) is 5.75 Å². The van der Waals surface area contributed by atoms with Crippen LogP contribution in [-0.4, -0.2) is 23.8 Å². The van der Waals surface area contributed by atoms with Gasteiger partial charge in [-0.15, -0.1) is 0 Å².